The van der Waals surface area contributed by atoms with Crippen molar-refractivity contribution in [3.63, 3.8) is 0 Å². The quantitative estimate of drug-likeness (QED) is 0.748. The van der Waals surface area contributed by atoms with Gasteiger partial charge in [0.2, 0.25) is 0 Å². The molecule has 0 saturated carbocycles. The number of hydrogen-bond acceptors (Lipinski definition) is 5. The average molecular weight is 211 g/mol. The van der Waals surface area contributed by atoms with Crippen LogP contribution in [0.15, 0.2) is 17.6 Å². The molecule has 2 heterocycles. The van der Waals surface area contributed by atoms with Crippen LogP contribution in [0.5, 0.6) is 0 Å². The number of anilines is 1. The highest BCUT2D eigenvalue weighted by atomic mass is 32.2. The van der Waals surface area contributed by atoms with Gasteiger partial charge in [0.15, 0.2) is 5.16 Å². The van der Waals surface area contributed by atoms with Gasteiger partial charge in [-0.1, -0.05) is 11.8 Å². The Balaban J connectivity index is 2.00. The molecule has 1 saturated heterocycles. The second-order valence-electron chi connectivity index (χ2n) is 3.32. The molecule has 0 aliphatic carbocycles. The Hall–Kier alpha value is -0.810. The van der Waals surface area contributed by atoms with Crippen molar-refractivity contribution in [2.45, 2.75) is 29.9 Å². The minimum atomic E-state index is 0.293. The molecule has 14 heavy (non-hydrogen) atoms. The van der Waals surface area contributed by atoms with Crippen LogP contribution < -0.4 is 5.73 Å². The Morgan fingerprint density at radius 1 is 1.50 bits per heavy atom. The fraction of sp³-hybridized carbons (Fsp3) is 0.556. The highest BCUT2D eigenvalue weighted by Crippen LogP contribution is 2.30. The Morgan fingerprint density at radius 3 is 2.79 bits per heavy atom. The second-order valence-corrected chi connectivity index (χ2v) is 4.53. The van der Waals surface area contributed by atoms with Crippen molar-refractivity contribution >= 4 is 17.4 Å². The summed E-state index contributed by atoms with van der Waals surface area (Å²) >= 11 is 1.67. The van der Waals surface area contributed by atoms with E-state index in [0.29, 0.717) is 17.0 Å². The molecule has 76 valence electrons. The zero-order valence-electron chi connectivity index (χ0n) is 8.01. The van der Waals surface area contributed by atoms with Gasteiger partial charge in [-0.15, -0.1) is 0 Å². The highest BCUT2D eigenvalue weighted by Gasteiger charge is 2.25. The third-order valence-electron chi connectivity index (χ3n) is 2.21. The number of rotatable bonds is 2. The van der Waals surface area contributed by atoms with E-state index in [2.05, 4.69) is 16.9 Å². The van der Waals surface area contributed by atoms with E-state index in [-0.39, 0.29) is 0 Å². The molecule has 1 fully saturated rings. The lowest BCUT2D eigenvalue weighted by Gasteiger charge is -2.11. The van der Waals surface area contributed by atoms with Crippen molar-refractivity contribution in [3.8, 4) is 0 Å². The Bertz CT molecular complexity index is 303. The third-order valence-corrected chi connectivity index (χ3v) is 3.55. The maximum atomic E-state index is 5.50. The van der Waals surface area contributed by atoms with Crippen LogP contribution >= 0.6 is 11.8 Å². The number of aromatic nitrogens is 2. The molecular formula is C9H13N3OS. The molecule has 0 aromatic carbocycles. The lowest BCUT2D eigenvalue weighted by atomic mass is 10.3. The fourth-order valence-electron chi connectivity index (χ4n) is 1.39. The first-order valence-electron chi connectivity index (χ1n) is 4.61. The number of ether oxygens (including phenoxy) is 1. The van der Waals surface area contributed by atoms with Gasteiger partial charge in [0.05, 0.1) is 24.2 Å². The molecule has 2 N–H and O–H groups in total. The standard InChI is InChI=1S/C9H13N3OS/c1-6-8(2-3-13-6)14-9-11-4-7(10)5-12-9/h4-6,8H,2-3,10H2,1H3. The van der Waals surface area contributed by atoms with Crippen molar-refractivity contribution in [2.75, 3.05) is 12.3 Å². The van der Waals surface area contributed by atoms with E-state index in [1.54, 1.807) is 24.2 Å². The number of thioether (sulfide) groups is 1. The first-order valence-corrected chi connectivity index (χ1v) is 5.49. The van der Waals surface area contributed by atoms with Gasteiger partial charge in [0.1, 0.15) is 0 Å². The molecule has 2 atom stereocenters. The van der Waals surface area contributed by atoms with Gasteiger partial charge < -0.3 is 10.5 Å². The molecule has 1 aromatic rings. The van der Waals surface area contributed by atoms with Crippen molar-refractivity contribution in [3.05, 3.63) is 12.4 Å². The van der Waals surface area contributed by atoms with E-state index in [4.69, 9.17) is 10.5 Å². The number of nitrogen functional groups attached to an aromatic ring is 1. The molecule has 1 aliphatic rings. The van der Waals surface area contributed by atoms with Crippen LogP contribution in [0.25, 0.3) is 0 Å². The van der Waals surface area contributed by atoms with Gasteiger partial charge in [0, 0.05) is 11.9 Å². The molecule has 4 nitrogen and oxygen atoms in total. The molecule has 5 heteroatoms. The normalized spacial score (nSPS) is 26.6. The van der Waals surface area contributed by atoms with Crippen molar-refractivity contribution < 1.29 is 4.74 Å². The van der Waals surface area contributed by atoms with Crippen LogP contribution in [0.4, 0.5) is 5.69 Å². The van der Waals surface area contributed by atoms with E-state index >= 15 is 0 Å². The van der Waals surface area contributed by atoms with Gasteiger partial charge in [-0.25, -0.2) is 9.97 Å². The summed E-state index contributed by atoms with van der Waals surface area (Å²) in [6.45, 7) is 2.93. The maximum absolute atomic E-state index is 5.50. The molecule has 2 rings (SSSR count). The van der Waals surface area contributed by atoms with Gasteiger partial charge in [-0.05, 0) is 13.3 Å². The molecule has 0 amide bonds. The number of nitrogens with two attached hydrogens (primary N) is 1. The van der Waals surface area contributed by atoms with E-state index in [0.717, 1.165) is 18.2 Å². The minimum absolute atomic E-state index is 0.293. The van der Waals surface area contributed by atoms with Gasteiger partial charge >= 0.3 is 0 Å². The summed E-state index contributed by atoms with van der Waals surface area (Å²) in [6, 6.07) is 0. The van der Waals surface area contributed by atoms with Crippen molar-refractivity contribution in [2.24, 2.45) is 0 Å². The summed E-state index contributed by atoms with van der Waals surface area (Å²) in [7, 11) is 0. The van der Waals surface area contributed by atoms with Crippen LogP contribution in [0, 0.1) is 0 Å². The summed E-state index contributed by atoms with van der Waals surface area (Å²) in [5.74, 6) is 0. The summed E-state index contributed by atoms with van der Waals surface area (Å²) < 4.78 is 5.46. The predicted molar refractivity (Wildman–Crippen MR) is 56.1 cm³/mol. The summed E-state index contributed by atoms with van der Waals surface area (Å²) in [6.07, 6.45) is 4.63. The summed E-state index contributed by atoms with van der Waals surface area (Å²) in [5, 5.41) is 1.25. The predicted octanol–water partition coefficient (Wildman–Crippen LogP) is 1.33. The zero-order valence-corrected chi connectivity index (χ0v) is 8.83. The second kappa shape index (κ2) is 4.14. The first-order chi connectivity index (χ1) is 6.75. The Morgan fingerprint density at radius 2 is 2.21 bits per heavy atom. The first kappa shape index (κ1) is 9.73. The van der Waals surface area contributed by atoms with Crippen LogP contribution in [0.3, 0.4) is 0 Å². The Labute approximate surface area is 87.3 Å². The van der Waals surface area contributed by atoms with E-state index in [1.165, 1.54) is 0 Å². The minimum Gasteiger partial charge on any atom is -0.396 e. The van der Waals surface area contributed by atoms with Crippen LogP contribution in [0.1, 0.15) is 13.3 Å². The molecular weight excluding hydrogens is 198 g/mol. The zero-order chi connectivity index (χ0) is 9.97. The molecule has 0 bridgehead atoms. The van der Waals surface area contributed by atoms with Crippen molar-refractivity contribution in [1.82, 2.24) is 9.97 Å². The van der Waals surface area contributed by atoms with Gasteiger partial charge in [0.25, 0.3) is 0 Å². The molecule has 0 spiro atoms. The van der Waals surface area contributed by atoms with Crippen molar-refractivity contribution in [1.29, 1.82) is 0 Å². The lowest BCUT2D eigenvalue weighted by molar-refractivity contribution is 0.127. The number of nitrogens with zero attached hydrogens (tertiary/aromatic N) is 2. The molecule has 0 radical (unpaired) electrons. The average Bonchev–Trinajstić information content (AvgIpc) is 2.56. The topological polar surface area (TPSA) is 61.0 Å². The van der Waals surface area contributed by atoms with Crippen LogP contribution in [-0.4, -0.2) is 27.9 Å². The van der Waals surface area contributed by atoms with E-state index in [9.17, 15) is 0 Å². The largest absolute Gasteiger partial charge is 0.396 e. The fourth-order valence-corrected chi connectivity index (χ4v) is 2.37. The van der Waals surface area contributed by atoms with E-state index < -0.39 is 0 Å². The van der Waals surface area contributed by atoms with Crippen LogP contribution in [0.2, 0.25) is 0 Å². The van der Waals surface area contributed by atoms with Gasteiger partial charge in [-0.2, -0.15) is 0 Å². The smallest absolute Gasteiger partial charge is 0.187 e. The lowest BCUT2D eigenvalue weighted by Crippen LogP contribution is -2.13. The highest BCUT2D eigenvalue weighted by molar-refractivity contribution is 7.99. The Kier molecular flexibility index (Phi) is 2.88. The SMILES string of the molecule is CC1OCCC1Sc1ncc(N)cn1. The summed E-state index contributed by atoms with van der Waals surface area (Å²) in [5.41, 5.74) is 6.11. The van der Waals surface area contributed by atoms with E-state index in [1.807, 2.05) is 0 Å². The van der Waals surface area contributed by atoms with Crippen LogP contribution in [-0.2, 0) is 4.74 Å². The number of hydrogen-bond donors (Lipinski definition) is 1. The summed E-state index contributed by atoms with van der Waals surface area (Å²) in [4.78, 5) is 8.30. The monoisotopic (exact) mass is 211 g/mol. The molecule has 2 unspecified atom stereocenters. The maximum Gasteiger partial charge on any atom is 0.187 e. The molecule has 1 aromatic heterocycles. The van der Waals surface area contributed by atoms with Gasteiger partial charge in [-0.3, -0.25) is 0 Å². The third kappa shape index (κ3) is 2.16. The molecule has 1 aliphatic heterocycles.